The summed E-state index contributed by atoms with van der Waals surface area (Å²) in [5.74, 6) is -1.32. The molecule has 6 nitrogen and oxygen atoms in total. The van der Waals surface area contributed by atoms with Crippen LogP contribution in [0.25, 0.3) is 0 Å². The number of Topliss-reactive ketones (excluding diaryl/α,β-unsaturated/α-hetero) is 2. The Morgan fingerprint density at radius 1 is 0.897 bits per heavy atom. The van der Waals surface area contributed by atoms with Crippen LogP contribution in [0.2, 0.25) is 0 Å². The molecule has 0 aliphatic carbocycles. The van der Waals surface area contributed by atoms with Crippen LogP contribution in [-0.2, 0) is 14.3 Å². The van der Waals surface area contributed by atoms with E-state index in [1.807, 2.05) is 19.9 Å². The average Bonchev–Trinajstić information content (AvgIpc) is 2.68. The lowest BCUT2D eigenvalue weighted by Gasteiger charge is -2.13. The van der Waals surface area contributed by atoms with Crippen molar-refractivity contribution in [2.45, 2.75) is 46.6 Å². The van der Waals surface area contributed by atoms with Crippen LogP contribution >= 0.6 is 0 Å². The molecular formula is C23H25NO5. The predicted octanol–water partition coefficient (Wildman–Crippen LogP) is 4.04. The Kier molecular flexibility index (Phi) is 7.42. The van der Waals surface area contributed by atoms with Crippen LogP contribution < -0.4 is 5.32 Å². The molecule has 152 valence electrons. The molecule has 1 atom stereocenters. The summed E-state index contributed by atoms with van der Waals surface area (Å²) >= 11 is 0. The van der Waals surface area contributed by atoms with Crippen molar-refractivity contribution in [2.75, 3.05) is 5.32 Å². The lowest BCUT2D eigenvalue weighted by molar-refractivity contribution is -0.153. The number of benzene rings is 2. The minimum Gasteiger partial charge on any atom is -0.453 e. The molecule has 0 aromatic heterocycles. The molecule has 2 aromatic carbocycles. The van der Waals surface area contributed by atoms with Gasteiger partial charge in [-0.05, 0) is 69.2 Å². The first-order valence-corrected chi connectivity index (χ1v) is 9.39. The average molecular weight is 395 g/mol. The van der Waals surface area contributed by atoms with Crippen molar-refractivity contribution in [3.8, 4) is 0 Å². The van der Waals surface area contributed by atoms with Crippen molar-refractivity contribution < 1.29 is 23.9 Å². The van der Waals surface area contributed by atoms with Crippen LogP contribution in [0.3, 0.4) is 0 Å². The van der Waals surface area contributed by atoms with Crippen LogP contribution in [0.1, 0.15) is 58.5 Å². The van der Waals surface area contributed by atoms with Gasteiger partial charge in [0, 0.05) is 23.2 Å². The van der Waals surface area contributed by atoms with Gasteiger partial charge in [0.05, 0.1) is 6.42 Å². The number of rotatable bonds is 8. The second-order valence-corrected chi connectivity index (χ2v) is 6.98. The van der Waals surface area contributed by atoms with E-state index in [-0.39, 0.29) is 24.4 Å². The van der Waals surface area contributed by atoms with E-state index in [0.717, 1.165) is 11.1 Å². The zero-order valence-corrected chi connectivity index (χ0v) is 17.1. The third-order valence-corrected chi connectivity index (χ3v) is 4.62. The first kappa shape index (κ1) is 22.0. The lowest BCUT2D eigenvalue weighted by Crippen LogP contribution is -2.30. The molecule has 0 radical (unpaired) electrons. The maximum atomic E-state index is 12.2. The third kappa shape index (κ3) is 6.38. The number of esters is 1. The van der Waals surface area contributed by atoms with Crippen molar-refractivity contribution in [1.82, 2.24) is 0 Å². The monoisotopic (exact) mass is 395 g/mol. The van der Waals surface area contributed by atoms with Crippen molar-refractivity contribution in [3.05, 3.63) is 64.7 Å². The van der Waals surface area contributed by atoms with Gasteiger partial charge in [-0.2, -0.15) is 0 Å². The highest BCUT2D eigenvalue weighted by atomic mass is 16.5. The fourth-order valence-electron chi connectivity index (χ4n) is 2.62. The predicted molar refractivity (Wildman–Crippen MR) is 110 cm³/mol. The summed E-state index contributed by atoms with van der Waals surface area (Å²) in [6.45, 7) is 6.81. The third-order valence-electron chi connectivity index (χ3n) is 4.62. The summed E-state index contributed by atoms with van der Waals surface area (Å²) in [6, 6.07) is 11.8. The van der Waals surface area contributed by atoms with Gasteiger partial charge in [0.25, 0.3) is 5.91 Å². The van der Waals surface area contributed by atoms with E-state index in [2.05, 4.69) is 5.32 Å². The summed E-state index contributed by atoms with van der Waals surface area (Å²) in [6.07, 6.45) is -1.09. The first-order valence-electron chi connectivity index (χ1n) is 9.39. The molecule has 2 rings (SSSR count). The minimum absolute atomic E-state index is 0.0161. The number of ketones is 2. The van der Waals surface area contributed by atoms with Gasteiger partial charge < -0.3 is 10.1 Å². The van der Waals surface area contributed by atoms with Gasteiger partial charge in [0.2, 0.25) is 0 Å². The molecular weight excluding hydrogens is 370 g/mol. The Morgan fingerprint density at radius 3 is 2.10 bits per heavy atom. The molecule has 0 aliphatic rings. The Balaban J connectivity index is 1.82. The molecule has 0 aliphatic heterocycles. The zero-order chi connectivity index (χ0) is 21.6. The van der Waals surface area contributed by atoms with Crippen LogP contribution in [-0.4, -0.2) is 29.5 Å². The highest BCUT2D eigenvalue weighted by molar-refractivity contribution is 5.99. The van der Waals surface area contributed by atoms with Gasteiger partial charge in [-0.3, -0.25) is 19.2 Å². The maximum Gasteiger partial charge on any atom is 0.307 e. The van der Waals surface area contributed by atoms with Gasteiger partial charge in [0.1, 0.15) is 0 Å². The van der Waals surface area contributed by atoms with Crippen LogP contribution in [0.15, 0.2) is 42.5 Å². The molecule has 2 aromatic rings. The summed E-state index contributed by atoms with van der Waals surface area (Å²) < 4.78 is 5.12. The molecule has 0 spiro atoms. The molecule has 1 N–H and O–H groups in total. The number of hydrogen-bond donors (Lipinski definition) is 1. The number of anilines is 1. The minimum atomic E-state index is -1.01. The molecule has 0 bridgehead atoms. The van der Waals surface area contributed by atoms with E-state index in [9.17, 15) is 19.2 Å². The van der Waals surface area contributed by atoms with Crippen molar-refractivity contribution in [1.29, 1.82) is 0 Å². The topological polar surface area (TPSA) is 89.5 Å². The van der Waals surface area contributed by atoms with E-state index in [1.165, 1.54) is 13.8 Å². The maximum absolute atomic E-state index is 12.2. The Labute approximate surface area is 170 Å². The molecule has 0 fully saturated rings. The second kappa shape index (κ2) is 9.78. The van der Waals surface area contributed by atoms with Crippen LogP contribution in [0, 0.1) is 13.8 Å². The summed E-state index contributed by atoms with van der Waals surface area (Å²) in [7, 11) is 0. The molecule has 0 heterocycles. The molecule has 1 amide bonds. The zero-order valence-electron chi connectivity index (χ0n) is 17.1. The van der Waals surface area contributed by atoms with Gasteiger partial charge in [0.15, 0.2) is 17.7 Å². The number of carbonyl (C=O) groups excluding carboxylic acids is 4. The summed E-state index contributed by atoms with van der Waals surface area (Å²) in [4.78, 5) is 47.7. The van der Waals surface area contributed by atoms with Crippen LogP contribution in [0.5, 0.6) is 0 Å². The second-order valence-electron chi connectivity index (χ2n) is 6.98. The Hall–Kier alpha value is -3.28. The summed E-state index contributed by atoms with van der Waals surface area (Å²) in [5, 5.41) is 2.62. The van der Waals surface area contributed by atoms with E-state index in [1.54, 1.807) is 36.4 Å². The van der Waals surface area contributed by atoms with Gasteiger partial charge in [-0.25, -0.2) is 0 Å². The first-order chi connectivity index (χ1) is 13.7. The number of ether oxygens (including phenoxy) is 1. The number of nitrogens with one attached hydrogen (secondary N) is 1. The molecule has 6 heteroatoms. The SMILES string of the molecule is CC(=O)c1ccc(NC(=O)[C@@H](C)OC(=O)CCC(=O)c2ccc(C)c(C)c2)cc1. The molecule has 0 saturated heterocycles. The van der Waals surface area contributed by atoms with Crippen molar-refractivity contribution >= 4 is 29.1 Å². The number of carbonyl (C=O) groups is 4. The Bertz CT molecular complexity index is 931. The number of hydrogen-bond acceptors (Lipinski definition) is 5. The van der Waals surface area contributed by atoms with Crippen molar-refractivity contribution in [2.24, 2.45) is 0 Å². The molecule has 0 unspecified atom stereocenters. The normalized spacial score (nSPS) is 11.4. The number of aryl methyl sites for hydroxylation is 2. The smallest absolute Gasteiger partial charge is 0.307 e. The Morgan fingerprint density at radius 2 is 1.52 bits per heavy atom. The van der Waals surface area contributed by atoms with E-state index in [0.29, 0.717) is 16.8 Å². The van der Waals surface area contributed by atoms with Gasteiger partial charge in [-0.1, -0.05) is 12.1 Å². The van der Waals surface area contributed by atoms with Crippen molar-refractivity contribution in [3.63, 3.8) is 0 Å². The highest BCUT2D eigenvalue weighted by Gasteiger charge is 2.19. The van der Waals surface area contributed by atoms with E-state index >= 15 is 0 Å². The molecule has 0 saturated carbocycles. The standard InChI is InChI=1S/C23H25NO5/c1-14-5-6-19(13-15(14)2)21(26)11-12-22(27)29-17(4)23(28)24-20-9-7-18(8-10-20)16(3)25/h5-10,13,17H,11-12H2,1-4H3,(H,24,28)/t17-/m1/s1. The van der Waals surface area contributed by atoms with Gasteiger partial charge in [-0.15, -0.1) is 0 Å². The van der Waals surface area contributed by atoms with Gasteiger partial charge >= 0.3 is 5.97 Å². The quantitative estimate of drug-likeness (QED) is 0.538. The fraction of sp³-hybridized carbons (Fsp3) is 0.304. The highest BCUT2D eigenvalue weighted by Crippen LogP contribution is 2.14. The largest absolute Gasteiger partial charge is 0.453 e. The van der Waals surface area contributed by atoms with E-state index in [4.69, 9.17) is 4.74 Å². The van der Waals surface area contributed by atoms with E-state index < -0.39 is 18.0 Å². The lowest BCUT2D eigenvalue weighted by atomic mass is 10.0. The molecule has 29 heavy (non-hydrogen) atoms. The number of amides is 1. The van der Waals surface area contributed by atoms with Crippen LogP contribution in [0.4, 0.5) is 5.69 Å². The summed E-state index contributed by atoms with van der Waals surface area (Å²) in [5.41, 5.74) is 3.70. The fourth-order valence-corrected chi connectivity index (χ4v) is 2.62.